The zero-order valence-corrected chi connectivity index (χ0v) is 12.2. The fourth-order valence-electron chi connectivity index (χ4n) is 2.83. The molecule has 0 saturated carbocycles. The van der Waals surface area contributed by atoms with Crippen LogP contribution in [-0.2, 0) is 0 Å². The highest BCUT2D eigenvalue weighted by molar-refractivity contribution is 5.58. The molecule has 6 heteroatoms. The van der Waals surface area contributed by atoms with E-state index in [1.165, 1.54) is 6.07 Å². The molecule has 0 aliphatic carbocycles. The summed E-state index contributed by atoms with van der Waals surface area (Å²) in [5, 5.41) is 14.7. The monoisotopic (exact) mass is 298 g/mol. The molecule has 1 saturated heterocycles. The van der Waals surface area contributed by atoms with Crippen LogP contribution in [0.5, 0.6) is 0 Å². The van der Waals surface area contributed by atoms with Gasteiger partial charge in [0.15, 0.2) is 0 Å². The van der Waals surface area contributed by atoms with E-state index in [9.17, 15) is 10.1 Å². The lowest BCUT2D eigenvalue weighted by molar-refractivity contribution is -0.384. The minimum absolute atomic E-state index is 0.0721. The lowest BCUT2D eigenvalue weighted by Crippen LogP contribution is -2.42. The Balaban J connectivity index is 1.75. The molecule has 1 N–H and O–H groups in total. The van der Waals surface area contributed by atoms with Crippen molar-refractivity contribution in [1.29, 1.82) is 0 Å². The molecule has 1 aromatic carbocycles. The van der Waals surface area contributed by atoms with E-state index in [1.807, 2.05) is 35.2 Å². The number of para-hydroxylation sites is 1. The third kappa shape index (κ3) is 3.16. The van der Waals surface area contributed by atoms with E-state index in [1.54, 1.807) is 12.3 Å². The first-order valence-electron chi connectivity index (χ1n) is 7.40. The maximum atomic E-state index is 11.2. The van der Waals surface area contributed by atoms with Gasteiger partial charge in [-0.15, -0.1) is 0 Å². The second-order valence-electron chi connectivity index (χ2n) is 5.40. The number of pyridine rings is 1. The van der Waals surface area contributed by atoms with Gasteiger partial charge in [0.1, 0.15) is 0 Å². The number of rotatable bonds is 4. The molecule has 22 heavy (non-hydrogen) atoms. The van der Waals surface area contributed by atoms with Crippen LogP contribution < -0.4 is 10.2 Å². The number of aromatic nitrogens is 1. The second-order valence-corrected chi connectivity index (χ2v) is 5.40. The summed E-state index contributed by atoms with van der Waals surface area (Å²) in [4.78, 5) is 17.0. The van der Waals surface area contributed by atoms with Crippen LogP contribution in [0.3, 0.4) is 0 Å². The Morgan fingerprint density at radius 2 is 2.05 bits per heavy atom. The van der Waals surface area contributed by atoms with Crippen molar-refractivity contribution < 1.29 is 4.92 Å². The lowest BCUT2D eigenvalue weighted by atomic mass is 10.0. The van der Waals surface area contributed by atoms with E-state index in [0.717, 1.165) is 25.1 Å². The van der Waals surface area contributed by atoms with Gasteiger partial charge in [-0.2, -0.15) is 0 Å². The Hall–Kier alpha value is -2.63. The van der Waals surface area contributed by atoms with Gasteiger partial charge in [-0.25, -0.2) is 4.98 Å². The maximum absolute atomic E-state index is 11.2. The van der Waals surface area contributed by atoms with Crippen molar-refractivity contribution in [2.24, 2.45) is 0 Å². The highest BCUT2D eigenvalue weighted by Crippen LogP contribution is 2.28. The quantitative estimate of drug-likeness (QED) is 0.694. The van der Waals surface area contributed by atoms with E-state index in [0.29, 0.717) is 12.4 Å². The van der Waals surface area contributed by atoms with E-state index in [4.69, 9.17) is 0 Å². The summed E-state index contributed by atoms with van der Waals surface area (Å²) in [7, 11) is 0. The molecule has 0 spiro atoms. The summed E-state index contributed by atoms with van der Waals surface area (Å²) >= 11 is 0. The van der Waals surface area contributed by atoms with Gasteiger partial charge >= 0.3 is 5.69 Å². The van der Waals surface area contributed by atoms with Crippen LogP contribution in [0, 0.1) is 10.1 Å². The molecule has 1 atom stereocenters. The Morgan fingerprint density at radius 3 is 2.82 bits per heavy atom. The summed E-state index contributed by atoms with van der Waals surface area (Å²) in [6, 6.07) is 13.4. The number of nitro groups is 1. The van der Waals surface area contributed by atoms with E-state index < -0.39 is 0 Å². The van der Waals surface area contributed by atoms with Gasteiger partial charge in [0, 0.05) is 37.1 Å². The summed E-state index contributed by atoms with van der Waals surface area (Å²) in [5.74, 6) is 0.465. The predicted molar refractivity (Wildman–Crippen MR) is 86.2 cm³/mol. The zero-order chi connectivity index (χ0) is 15.4. The van der Waals surface area contributed by atoms with Crippen molar-refractivity contribution in [2.45, 2.75) is 18.9 Å². The van der Waals surface area contributed by atoms with E-state index in [2.05, 4.69) is 10.3 Å². The Morgan fingerprint density at radius 1 is 1.23 bits per heavy atom. The molecule has 0 bridgehead atoms. The average molecular weight is 298 g/mol. The number of nitrogens with zero attached hydrogens (tertiary/aromatic N) is 3. The van der Waals surface area contributed by atoms with Crippen molar-refractivity contribution in [3.8, 4) is 0 Å². The Bertz CT molecular complexity index is 648. The van der Waals surface area contributed by atoms with E-state index >= 15 is 0 Å². The number of benzene rings is 1. The third-order valence-electron chi connectivity index (χ3n) is 3.83. The minimum Gasteiger partial charge on any atom is -0.381 e. The number of nitrogens with one attached hydrogen (secondary N) is 1. The fourth-order valence-corrected chi connectivity index (χ4v) is 2.83. The molecule has 0 radical (unpaired) electrons. The average Bonchev–Trinajstić information content (AvgIpc) is 2.56. The van der Waals surface area contributed by atoms with Gasteiger partial charge in [-0.3, -0.25) is 10.1 Å². The van der Waals surface area contributed by atoms with Crippen LogP contribution >= 0.6 is 0 Å². The molecule has 2 aromatic rings. The van der Waals surface area contributed by atoms with Gasteiger partial charge in [-0.05, 0) is 31.0 Å². The summed E-state index contributed by atoms with van der Waals surface area (Å²) in [6.45, 7) is 1.51. The molecular formula is C16H18N4O2. The largest absolute Gasteiger partial charge is 0.381 e. The number of hydrogen-bond donors (Lipinski definition) is 1. The van der Waals surface area contributed by atoms with Gasteiger partial charge < -0.3 is 10.2 Å². The van der Waals surface area contributed by atoms with Crippen LogP contribution in [0.15, 0.2) is 48.7 Å². The highest BCUT2D eigenvalue weighted by atomic mass is 16.6. The molecule has 1 aliphatic heterocycles. The number of hydrogen-bond acceptors (Lipinski definition) is 5. The van der Waals surface area contributed by atoms with Crippen molar-refractivity contribution in [3.63, 3.8) is 0 Å². The molecule has 1 aromatic heterocycles. The topological polar surface area (TPSA) is 71.3 Å². The molecule has 1 unspecified atom stereocenters. The molecule has 1 fully saturated rings. The minimum atomic E-state index is -0.365. The van der Waals surface area contributed by atoms with Gasteiger partial charge in [-0.1, -0.05) is 18.2 Å². The smallest absolute Gasteiger partial charge is 0.311 e. The van der Waals surface area contributed by atoms with Crippen molar-refractivity contribution >= 4 is 17.2 Å². The standard InChI is InChI=1S/C16H18N4O2/c21-20(22)15-9-4-10-17-16(15)19-11-5-8-14(12-19)18-13-6-2-1-3-7-13/h1-4,6-7,9-10,14,18H,5,8,11-12H2. The lowest BCUT2D eigenvalue weighted by Gasteiger charge is -2.34. The second kappa shape index (κ2) is 6.43. The zero-order valence-electron chi connectivity index (χ0n) is 12.2. The van der Waals surface area contributed by atoms with E-state index in [-0.39, 0.29) is 16.7 Å². The van der Waals surface area contributed by atoms with Crippen LogP contribution in [0.1, 0.15) is 12.8 Å². The van der Waals surface area contributed by atoms with Crippen molar-refractivity contribution in [2.75, 3.05) is 23.3 Å². The molecule has 6 nitrogen and oxygen atoms in total. The SMILES string of the molecule is O=[N+]([O-])c1cccnc1N1CCCC(Nc2ccccc2)C1. The Labute approximate surface area is 128 Å². The fraction of sp³-hybridized carbons (Fsp3) is 0.312. The molecule has 114 valence electrons. The first kappa shape index (κ1) is 14.3. The van der Waals surface area contributed by atoms with Crippen molar-refractivity contribution in [3.05, 3.63) is 58.8 Å². The third-order valence-corrected chi connectivity index (χ3v) is 3.83. The molecular weight excluding hydrogens is 280 g/mol. The summed E-state index contributed by atoms with van der Waals surface area (Å²) in [5.41, 5.74) is 1.15. The highest BCUT2D eigenvalue weighted by Gasteiger charge is 2.26. The molecule has 3 rings (SSSR count). The van der Waals surface area contributed by atoms with Crippen LogP contribution in [0.2, 0.25) is 0 Å². The molecule has 0 amide bonds. The molecule has 1 aliphatic rings. The van der Waals surface area contributed by atoms with Gasteiger partial charge in [0.2, 0.25) is 5.82 Å². The predicted octanol–water partition coefficient (Wildman–Crippen LogP) is 3.07. The first-order valence-corrected chi connectivity index (χ1v) is 7.40. The maximum Gasteiger partial charge on any atom is 0.311 e. The number of anilines is 2. The summed E-state index contributed by atoms with van der Waals surface area (Å²) in [6.07, 6.45) is 3.64. The number of piperidine rings is 1. The van der Waals surface area contributed by atoms with Crippen LogP contribution in [-0.4, -0.2) is 29.0 Å². The normalized spacial score (nSPS) is 18.0. The Kier molecular flexibility index (Phi) is 4.18. The van der Waals surface area contributed by atoms with Crippen LogP contribution in [0.25, 0.3) is 0 Å². The summed E-state index contributed by atoms with van der Waals surface area (Å²) < 4.78 is 0. The first-order chi connectivity index (χ1) is 10.7. The van der Waals surface area contributed by atoms with Crippen molar-refractivity contribution in [1.82, 2.24) is 4.98 Å². The van der Waals surface area contributed by atoms with Gasteiger partial charge in [0.05, 0.1) is 4.92 Å². The van der Waals surface area contributed by atoms with Crippen LogP contribution in [0.4, 0.5) is 17.2 Å². The van der Waals surface area contributed by atoms with Gasteiger partial charge in [0.25, 0.3) is 0 Å². The molecule has 2 heterocycles.